The van der Waals surface area contributed by atoms with Crippen LogP contribution >= 0.6 is 0 Å². The number of carboxylic acid groups (broad SMARTS) is 1. The number of carbonyl (C=O) groups is 6. The topological polar surface area (TPSA) is 205 Å². The number of hydrogen-bond acceptors (Lipinski definition) is 9. The molecule has 1 fully saturated rings. The van der Waals surface area contributed by atoms with Crippen LogP contribution < -0.4 is 21.1 Å². The second-order valence-corrected chi connectivity index (χ2v) is 11.1. The van der Waals surface area contributed by atoms with Gasteiger partial charge in [0.25, 0.3) is 0 Å². The summed E-state index contributed by atoms with van der Waals surface area (Å²) in [4.78, 5) is 77.5. The van der Waals surface area contributed by atoms with Crippen molar-refractivity contribution in [2.24, 2.45) is 17.6 Å². The minimum atomic E-state index is -1.90. The molecule has 44 heavy (non-hydrogen) atoms. The summed E-state index contributed by atoms with van der Waals surface area (Å²) in [6.45, 7) is 4.51. The molecule has 236 valence electrons. The van der Waals surface area contributed by atoms with Crippen LogP contribution in [0.25, 0.3) is 0 Å². The van der Waals surface area contributed by atoms with Crippen molar-refractivity contribution in [3.63, 3.8) is 0 Å². The van der Waals surface area contributed by atoms with Crippen molar-refractivity contribution >= 4 is 35.8 Å². The first-order chi connectivity index (χ1) is 20.8. The number of para-hydroxylation sites is 1. The predicted molar refractivity (Wildman–Crippen MR) is 157 cm³/mol. The number of ether oxygens (including phenoxy) is 1. The highest BCUT2D eigenvalue weighted by Gasteiger charge is 2.48. The van der Waals surface area contributed by atoms with E-state index in [1.807, 2.05) is 0 Å². The van der Waals surface area contributed by atoms with E-state index in [2.05, 4.69) is 10.6 Å². The summed E-state index contributed by atoms with van der Waals surface area (Å²) in [5.74, 6) is -6.22. The van der Waals surface area contributed by atoms with Gasteiger partial charge in [0.2, 0.25) is 17.7 Å². The fraction of sp³-hybridized carbons (Fsp3) is 0.419. The lowest BCUT2D eigenvalue weighted by molar-refractivity contribution is -0.152. The molecule has 0 radical (unpaired) electrons. The third-order valence-corrected chi connectivity index (χ3v) is 7.34. The zero-order valence-electron chi connectivity index (χ0n) is 24.7. The molecule has 2 aromatic rings. The van der Waals surface area contributed by atoms with Crippen LogP contribution in [0.4, 0.5) is 0 Å². The van der Waals surface area contributed by atoms with E-state index in [0.29, 0.717) is 11.3 Å². The van der Waals surface area contributed by atoms with Gasteiger partial charge in [-0.15, -0.1) is 0 Å². The Bertz CT molecular complexity index is 1350. The fourth-order valence-electron chi connectivity index (χ4n) is 5.12. The number of nitrogens with zero attached hydrogens (tertiary/aromatic N) is 1. The first kappa shape index (κ1) is 33.7. The quantitative estimate of drug-likeness (QED) is 0.147. The van der Waals surface area contributed by atoms with Gasteiger partial charge in [-0.3, -0.25) is 24.0 Å². The summed E-state index contributed by atoms with van der Waals surface area (Å²) in [6.07, 6.45) is -0.541. The van der Waals surface area contributed by atoms with Crippen LogP contribution in [-0.2, 0) is 35.2 Å². The molecule has 1 saturated heterocycles. The number of aldehydes is 1. The van der Waals surface area contributed by atoms with Crippen molar-refractivity contribution in [2.75, 3.05) is 6.54 Å². The van der Waals surface area contributed by atoms with Crippen LogP contribution in [0.15, 0.2) is 54.6 Å². The average Bonchev–Trinajstić information content (AvgIpc) is 3.39. The summed E-state index contributed by atoms with van der Waals surface area (Å²) < 4.78 is 5.99. The molecule has 0 aromatic heterocycles. The lowest BCUT2D eigenvalue weighted by Gasteiger charge is -2.32. The van der Waals surface area contributed by atoms with Crippen molar-refractivity contribution < 1.29 is 43.7 Å². The van der Waals surface area contributed by atoms with E-state index >= 15 is 0 Å². The van der Waals surface area contributed by atoms with Crippen LogP contribution in [0.2, 0.25) is 0 Å². The molecule has 0 saturated carbocycles. The lowest BCUT2D eigenvalue weighted by atomic mass is 9.90. The van der Waals surface area contributed by atoms with Gasteiger partial charge >= 0.3 is 5.97 Å². The molecule has 13 heteroatoms. The van der Waals surface area contributed by atoms with E-state index < -0.39 is 71.6 Å². The molecular weight excluding hydrogens is 572 g/mol. The monoisotopic (exact) mass is 610 g/mol. The number of aromatic hydroxyl groups is 1. The number of phenolic OH excluding ortho intramolecular Hbond substituents is 1. The number of carboxylic acids is 1. The van der Waals surface area contributed by atoms with Gasteiger partial charge in [0.1, 0.15) is 41.9 Å². The lowest BCUT2D eigenvalue weighted by Crippen LogP contribution is -2.58. The van der Waals surface area contributed by atoms with E-state index in [1.54, 1.807) is 56.3 Å². The van der Waals surface area contributed by atoms with E-state index in [0.717, 1.165) is 0 Å². The average molecular weight is 611 g/mol. The maximum Gasteiger partial charge on any atom is 0.316 e. The molecule has 0 spiro atoms. The Morgan fingerprint density at radius 2 is 1.68 bits per heavy atom. The highest BCUT2D eigenvalue weighted by molar-refractivity contribution is 6.05. The Morgan fingerprint density at radius 3 is 2.23 bits per heavy atom. The summed E-state index contributed by atoms with van der Waals surface area (Å²) >= 11 is 0. The molecule has 2 aromatic carbocycles. The first-order valence-electron chi connectivity index (χ1n) is 14.2. The minimum Gasteiger partial charge on any atom is -0.508 e. The number of Topliss-reactive ketones (excluding diaryl/α,β-unsaturated/α-hetero) is 1. The van der Waals surface area contributed by atoms with Crippen LogP contribution in [0, 0.1) is 11.8 Å². The van der Waals surface area contributed by atoms with Gasteiger partial charge in [-0.2, -0.15) is 0 Å². The van der Waals surface area contributed by atoms with Gasteiger partial charge in [-0.1, -0.05) is 44.2 Å². The maximum atomic E-state index is 14.0. The Hall–Kier alpha value is -4.78. The number of nitrogens with one attached hydrogen (secondary N) is 2. The smallest absolute Gasteiger partial charge is 0.316 e. The Kier molecular flexibility index (Phi) is 11.6. The summed E-state index contributed by atoms with van der Waals surface area (Å²) in [5.41, 5.74) is 6.32. The summed E-state index contributed by atoms with van der Waals surface area (Å²) in [6, 6.07) is 9.55. The molecule has 1 heterocycles. The SMILES string of the molecule is CC(=O)N[C@@H](Cc1ccc(O)cc1)C(=O)N[C@H](C(=O)N1CC(Oc2ccccc2)C[C@H]1C(=O)C(C(=O)O)C(N)C=O)C(C)C. The third-order valence-electron chi connectivity index (χ3n) is 7.34. The standard InChI is InChI=1S/C31H38N4O9/c1-17(2)27(34-29(40)24(33-18(3)37)13-19-9-11-20(38)12-10-19)30(41)35-15-22(44-21-7-5-4-6-8-21)14-25(35)28(39)26(31(42)43)23(32)16-36/h4-12,16-17,22-27,38H,13-15,32H2,1-3H3,(H,33,37)(H,34,40)(H,42,43)/t22?,23?,24-,25-,26?,27-/m0/s1. The maximum absolute atomic E-state index is 14.0. The van der Waals surface area contributed by atoms with Gasteiger partial charge in [-0.25, -0.2) is 0 Å². The highest BCUT2D eigenvalue weighted by atomic mass is 16.5. The van der Waals surface area contributed by atoms with Gasteiger partial charge in [-0.05, 0) is 35.7 Å². The molecule has 3 amide bonds. The Morgan fingerprint density at radius 1 is 1.05 bits per heavy atom. The number of benzene rings is 2. The number of phenols is 1. The van der Waals surface area contributed by atoms with Gasteiger partial charge in [0, 0.05) is 19.8 Å². The predicted octanol–water partition coefficient (Wildman–Crippen LogP) is 0.425. The molecule has 1 aliphatic rings. The van der Waals surface area contributed by atoms with Gasteiger partial charge in [0.15, 0.2) is 5.78 Å². The Labute approximate surface area is 254 Å². The van der Waals surface area contributed by atoms with E-state index in [9.17, 15) is 39.0 Å². The molecular formula is C31H38N4O9. The van der Waals surface area contributed by atoms with Crippen LogP contribution in [0.5, 0.6) is 11.5 Å². The number of aliphatic carboxylic acids is 1. The zero-order chi connectivity index (χ0) is 32.6. The molecule has 3 unspecified atom stereocenters. The number of hydrogen-bond donors (Lipinski definition) is 5. The van der Waals surface area contributed by atoms with Crippen molar-refractivity contribution in [1.82, 2.24) is 15.5 Å². The molecule has 13 nitrogen and oxygen atoms in total. The number of ketones is 1. The molecule has 0 aliphatic carbocycles. The fourth-order valence-corrected chi connectivity index (χ4v) is 5.12. The van der Waals surface area contributed by atoms with Crippen molar-refractivity contribution in [3.05, 3.63) is 60.2 Å². The number of carbonyl (C=O) groups excluding carboxylic acids is 5. The third kappa shape index (κ3) is 8.63. The summed E-state index contributed by atoms with van der Waals surface area (Å²) in [5, 5.41) is 24.6. The number of amides is 3. The zero-order valence-corrected chi connectivity index (χ0v) is 24.7. The number of rotatable bonds is 14. The molecule has 3 rings (SSSR count). The molecule has 1 aliphatic heterocycles. The van der Waals surface area contributed by atoms with E-state index in [4.69, 9.17) is 10.5 Å². The van der Waals surface area contributed by atoms with E-state index in [-0.39, 0.29) is 31.4 Å². The normalized spacial score (nSPS) is 18.9. The van der Waals surface area contributed by atoms with Crippen LogP contribution in [0.1, 0.15) is 32.8 Å². The van der Waals surface area contributed by atoms with Crippen molar-refractivity contribution in [1.29, 1.82) is 0 Å². The molecule has 6 atom stereocenters. The Balaban J connectivity index is 1.90. The molecule has 0 bridgehead atoms. The summed E-state index contributed by atoms with van der Waals surface area (Å²) in [7, 11) is 0. The number of likely N-dealkylation sites (tertiary alicyclic amines) is 1. The van der Waals surface area contributed by atoms with Gasteiger partial charge in [0.05, 0.1) is 18.6 Å². The van der Waals surface area contributed by atoms with Crippen molar-refractivity contribution in [3.8, 4) is 11.5 Å². The number of nitrogens with two attached hydrogens (primary N) is 1. The minimum absolute atomic E-state index is 0.0308. The second kappa shape index (κ2) is 15.1. The largest absolute Gasteiger partial charge is 0.508 e. The second-order valence-electron chi connectivity index (χ2n) is 11.1. The van der Waals surface area contributed by atoms with Crippen LogP contribution in [-0.4, -0.2) is 87.7 Å². The van der Waals surface area contributed by atoms with Gasteiger partial charge < -0.3 is 41.0 Å². The van der Waals surface area contributed by atoms with Crippen LogP contribution in [0.3, 0.4) is 0 Å². The van der Waals surface area contributed by atoms with Crippen molar-refractivity contribution in [2.45, 2.75) is 63.9 Å². The first-order valence-corrected chi connectivity index (χ1v) is 14.2. The van der Waals surface area contributed by atoms with E-state index in [1.165, 1.54) is 24.0 Å². The molecule has 6 N–H and O–H groups in total. The highest BCUT2D eigenvalue weighted by Crippen LogP contribution is 2.28.